The minimum absolute atomic E-state index is 0.0155. The molecule has 0 aliphatic carbocycles. The molecule has 1 aliphatic rings. The fourth-order valence-electron chi connectivity index (χ4n) is 3.38. The van der Waals surface area contributed by atoms with Crippen molar-refractivity contribution < 1.29 is 17.9 Å². The van der Waals surface area contributed by atoms with Gasteiger partial charge in [0.25, 0.3) is 0 Å². The van der Waals surface area contributed by atoms with E-state index in [0.29, 0.717) is 17.3 Å². The number of ether oxygens (including phenoxy) is 1. The number of hydrogen-bond acceptors (Lipinski definition) is 9. The molecule has 2 aromatic heterocycles. The lowest BCUT2D eigenvalue weighted by Crippen LogP contribution is -2.38. The van der Waals surface area contributed by atoms with Crippen LogP contribution in [0.5, 0.6) is 5.75 Å². The van der Waals surface area contributed by atoms with Crippen LogP contribution in [0.4, 0.5) is 36.6 Å². The molecule has 0 amide bonds. The second kappa shape index (κ2) is 8.86. The van der Waals surface area contributed by atoms with Crippen molar-refractivity contribution in [3.8, 4) is 11.6 Å². The molecule has 1 fully saturated rings. The number of methoxy groups -OCH3 is 1. The van der Waals surface area contributed by atoms with Gasteiger partial charge < -0.3 is 26.4 Å². The molecule has 0 saturated carbocycles. The van der Waals surface area contributed by atoms with Crippen LogP contribution in [-0.4, -0.2) is 51.0 Å². The molecule has 3 heterocycles. The van der Waals surface area contributed by atoms with Gasteiger partial charge in [-0.15, -0.1) is 5.10 Å². The van der Waals surface area contributed by atoms with Gasteiger partial charge in [-0.2, -0.15) is 22.8 Å². The molecule has 0 bridgehead atoms. The Hall–Kier alpha value is -3.61. The van der Waals surface area contributed by atoms with Gasteiger partial charge in [0.05, 0.1) is 12.7 Å². The number of anilines is 4. The normalized spacial score (nSPS) is 16.6. The highest BCUT2D eigenvalue weighted by Gasteiger charge is 2.30. The third-order valence-corrected chi connectivity index (χ3v) is 4.93. The summed E-state index contributed by atoms with van der Waals surface area (Å²) in [5.41, 5.74) is 5.64. The summed E-state index contributed by atoms with van der Waals surface area (Å²) in [4.78, 5) is 12.6. The molecule has 32 heavy (non-hydrogen) atoms. The van der Waals surface area contributed by atoms with E-state index in [1.807, 2.05) is 0 Å². The number of nitrogens with one attached hydrogen (secondary N) is 3. The van der Waals surface area contributed by atoms with Gasteiger partial charge in [0, 0.05) is 18.3 Å². The minimum Gasteiger partial charge on any atom is -0.490 e. The van der Waals surface area contributed by atoms with Crippen molar-refractivity contribution in [2.75, 3.05) is 36.6 Å². The quantitative estimate of drug-likeness (QED) is 0.449. The van der Waals surface area contributed by atoms with E-state index in [1.54, 1.807) is 0 Å². The van der Waals surface area contributed by atoms with Crippen LogP contribution < -0.4 is 26.4 Å². The van der Waals surface area contributed by atoms with Crippen molar-refractivity contribution in [3.63, 3.8) is 0 Å². The lowest BCUT2D eigenvalue weighted by atomic mass is 10.1. The molecule has 0 spiro atoms. The van der Waals surface area contributed by atoms with Crippen molar-refractivity contribution in [1.82, 2.24) is 30.0 Å². The van der Waals surface area contributed by atoms with Crippen molar-refractivity contribution >= 4 is 23.4 Å². The van der Waals surface area contributed by atoms with Crippen LogP contribution in [0.1, 0.15) is 18.4 Å². The van der Waals surface area contributed by atoms with Gasteiger partial charge in [-0.25, -0.2) is 9.97 Å². The molecule has 1 aromatic carbocycles. The molecule has 0 radical (unpaired) electrons. The number of halogens is 3. The number of nitrogens with zero attached hydrogens (tertiary/aromatic N) is 5. The van der Waals surface area contributed by atoms with Gasteiger partial charge in [0.15, 0.2) is 5.82 Å². The predicted octanol–water partition coefficient (Wildman–Crippen LogP) is 2.57. The molecule has 1 aliphatic heterocycles. The molecular weight excluding hydrogens is 427 g/mol. The van der Waals surface area contributed by atoms with Crippen LogP contribution in [0, 0.1) is 0 Å². The van der Waals surface area contributed by atoms with Gasteiger partial charge in [-0.05, 0) is 43.7 Å². The monoisotopic (exact) mass is 449 g/mol. The zero-order chi connectivity index (χ0) is 22.7. The SMILES string of the molecule is COc1c(N[C@@H]2CCCNC2)ncnc1-n1nc(Nc2ccc(C(F)(F)F)cc2)nc1N. The summed E-state index contributed by atoms with van der Waals surface area (Å²) in [5.74, 6) is 1.23. The number of alkyl halides is 3. The highest BCUT2D eigenvalue weighted by atomic mass is 19.4. The molecule has 3 aromatic rings. The molecule has 0 unspecified atom stereocenters. The first kappa shape index (κ1) is 21.6. The molecule has 1 saturated heterocycles. The highest BCUT2D eigenvalue weighted by Crippen LogP contribution is 2.32. The van der Waals surface area contributed by atoms with E-state index in [9.17, 15) is 13.2 Å². The zero-order valence-electron chi connectivity index (χ0n) is 17.1. The van der Waals surface area contributed by atoms with Crippen LogP contribution in [-0.2, 0) is 6.18 Å². The van der Waals surface area contributed by atoms with Gasteiger partial charge in [-0.1, -0.05) is 0 Å². The molecule has 4 rings (SSSR count). The third kappa shape index (κ3) is 4.66. The Morgan fingerprint density at radius 3 is 2.66 bits per heavy atom. The highest BCUT2D eigenvalue weighted by molar-refractivity contribution is 5.61. The number of aromatic nitrogens is 5. The van der Waals surface area contributed by atoms with E-state index >= 15 is 0 Å². The van der Waals surface area contributed by atoms with Crippen molar-refractivity contribution in [2.24, 2.45) is 0 Å². The number of piperidine rings is 1. The number of benzene rings is 1. The summed E-state index contributed by atoms with van der Waals surface area (Å²) >= 11 is 0. The maximum Gasteiger partial charge on any atom is 0.416 e. The molecule has 170 valence electrons. The smallest absolute Gasteiger partial charge is 0.416 e. The Kier molecular flexibility index (Phi) is 5.99. The summed E-state index contributed by atoms with van der Waals surface area (Å²) in [5, 5.41) is 13.8. The Labute approximate surface area is 181 Å². The van der Waals surface area contributed by atoms with Gasteiger partial charge in [0.2, 0.25) is 23.5 Å². The molecule has 10 nitrogen and oxygen atoms in total. The lowest BCUT2D eigenvalue weighted by Gasteiger charge is -2.25. The number of nitrogens with two attached hydrogens (primary N) is 1. The maximum atomic E-state index is 12.7. The van der Waals surface area contributed by atoms with Gasteiger partial charge in [0.1, 0.15) is 6.33 Å². The zero-order valence-corrected chi connectivity index (χ0v) is 17.1. The maximum absolute atomic E-state index is 12.7. The van der Waals surface area contributed by atoms with Gasteiger partial charge in [-0.3, -0.25) is 0 Å². The lowest BCUT2D eigenvalue weighted by molar-refractivity contribution is -0.137. The van der Waals surface area contributed by atoms with Crippen molar-refractivity contribution in [2.45, 2.75) is 25.1 Å². The molecular formula is C19H22F3N9O. The summed E-state index contributed by atoms with van der Waals surface area (Å²) in [6.45, 7) is 1.78. The van der Waals surface area contributed by atoms with Crippen LogP contribution in [0.15, 0.2) is 30.6 Å². The Morgan fingerprint density at radius 1 is 1.22 bits per heavy atom. The van der Waals surface area contributed by atoms with Crippen molar-refractivity contribution in [1.29, 1.82) is 0 Å². The van der Waals surface area contributed by atoms with E-state index in [2.05, 4.69) is 36.0 Å². The molecule has 5 N–H and O–H groups in total. The average molecular weight is 449 g/mol. The molecule has 13 heteroatoms. The van der Waals surface area contributed by atoms with E-state index in [-0.39, 0.29) is 23.8 Å². The fourth-order valence-corrected chi connectivity index (χ4v) is 3.38. The first-order valence-electron chi connectivity index (χ1n) is 9.88. The predicted molar refractivity (Wildman–Crippen MR) is 112 cm³/mol. The molecule has 1 atom stereocenters. The summed E-state index contributed by atoms with van der Waals surface area (Å²) in [7, 11) is 1.49. The van der Waals surface area contributed by atoms with Crippen LogP contribution in [0.3, 0.4) is 0 Å². The van der Waals surface area contributed by atoms with E-state index in [1.165, 1.54) is 30.3 Å². The second-order valence-electron chi connectivity index (χ2n) is 7.17. The van der Waals surface area contributed by atoms with Crippen LogP contribution >= 0.6 is 0 Å². The Morgan fingerprint density at radius 2 is 2.00 bits per heavy atom. The Bertz CT molecular complexity index is 1060. The van der Waals surface area contributed by atoms with Crippen LogP contribution in [0.25, 0.3) is 5.82 Å². The standard InChI is InChI=1S/C19H22F3N9O/c1-32-14-15(27-13-3-2-8-24-9-13)25-10-26-16(14)31-17(23)29-18(30-31)28-12-6-4-11(5-7-12)19(20,21)22/h4-7,10,13,24H,2-3,8-9H2,1H3,(H,25,26,27)(H3,23,28,29,30)/t13-/m1/s1. The van der Waals surface area contributed by atoms with E-state index in [0.717, 1.165) is 38.1 Å². The largest absolute Gasteiger partial charge is 0.490 e. The minimum atomic E-state index is -4.41. The third-order valence-electron chi connectivity index (χ3n) is 4.93. The van der Waals surface area contributed by atoms with Crippen molar-refractivity contribution in [3.05, 3.63) is 36.2 Å². The topological polar surface area (TPSA) is 128 Å². The summed E-state index contributed by atoms with van der Waals surface area (Å²) in [6.07, 6.45) is -1.01. The first-order valence-corrected chi connectivity index (χ1v) is 9.88. The van der Waals surface area contributed by atoms with Crippen LogP contribution in [0.2, 0.25) is 0 Å². The Balaban J connectivity index is 1.57. The van der Waals surface area contributed by atoms with E-state index < -0.39 is 11.7 Å². The summed E-state index contributed by atoms with van der Waals surface area (Å²) in [6, 6.07) is 4.68. The summed E-state index contributed by atoms with van der Waals surface area (Å²) < 4.78 is 45.0. The number of hydrogen-bond donors (Lipinski definition) is 4. The second-order valence-corrected chi connectivity index (χ2v) is 7.17. The van der Waals surface area contributed by atoms with E-state index in [4.69, 9.17) is 10.5 Å². The van der Waals surface area contributed by atoms with Gasteiger partial charge >= 0.3 is 6.18 Å². The fraction of sp³-hybridized carbons (Fsp3) is 0.368. The number of nitrogen functional groups attached to an aromatic ring is 1. The average Bonchev–Trinajstić information content (AvgIpc) is 3.13. The number of rotatable bonds is 6. The first-order chi connectivity index (χ1) is 15.3.